The largest absolute Gasteiger partial charge is 0.485 e. The van der Waals surface area contributed by atoms with E-state index in [-0.39, 0.29) is 17.4 Å². The van der Waals surface area contributed by atoms with Gasteiger partial charge in [-0.15, -0.1) is 0 Å². The fraction of sp³-hybridized carbons (Fsp3) is 0.571. The van der Waals surface area contributed by atoms with Gasteiger partial charge in [0.1, 0.15) is 6.61 Å². The molecule has 1 unspecified atom stereocenters. The first-order valence-corrected chi connectivity index (χ1v) is 12.0. The van der Waals surface area contributed by atoms with Gasteiger partial charge in [-0.05, 0) is 44.2 Å². The van der Waals surface area contributed by atoms with Crippen molar-refractivity contribution < 1.29 is 27.4 Å². The average Bonchev–Trinajstić information content (AvgIpc) is 2.79. The number of nitrogens with one attached hydrogen (secondary N) is 1. The minimum Gasteiger partial charge on any atom is -0.485 e. The predicted molar refractivity (Wildman–Crippen MR) is 110 cm³/mol. The topological polar surface area (TPSA) is 94.2 Å². The number of allylic oxidation sites excluding steroid dienone is 1. The molecule has 1 fully saturated rings. The average molecular weight is 437 g/mol. The van der Waals surface area contributed by atoms with Gasteiger partial charge in [0.15, 0.2) is 11.5 Å². The highest BCUT2D eigenvalue weighted by molar-refractivity contribution is 7.89. The number of amides is 1. The molecule has 1 N–H and O–H groups in total. The van der Waals surface area contributed by atoms with E-state index in [1.165, 1.54) is 30.5 Å². The molecular formula is C21H28N2O6S. The SMILES string of the molecule is O=C(C1COc2cc(S(=O)(=O)NCCC3=CCCCC3)ccc2O1)N1CCOCC1. The normalized spacial score (nSPS) is 21.8. The molecule has 9 heteroatoms. The Morgan fingerprint density at radius 1 is 1.17 bits per heavy atom. The quantitative estimate of drug-likeness (QED) is 0.684. The van der Waals surface area contributed by atoms with Gasteiger partial charge in [0.05, 0.1) is 18.1 Å². The molecule has 30 heavy (non-hydrogen) atoms. The molecular weight excluding hydrogens is 408 g/mol. The van der Waals surface area contributed by atoms with E-state index in [2.05, 4.69) is 10.8 Å². The molecule has 2 heterocycles. The van der Waals surface area contributed by atoms with Crippen molar-refractivity contribution in [3.63, 3.8) is 0 Å². The van der Waals surface area contributed by atoms with Crippen LogP contribution in [-0.4, -0.2) is 64.8 Å². The Labute approximate surface area is 177 Å². The van der Waals surface area contributed by atoms with Gasteiger partial charge in [-0.1, -0.05) is 11.6 Å². The monoisotopic (exact) mass is 436 g/mol. The number of fused-ring (bicyclic) bond motifs is 1. The van der Waals surface area contributed by atoms with Crippen LogP contribution in [0.5, 0.6) is 11.5 Å². The van der Waals surface area contributed by atoms with Gasteiger partial charge in [-0.25, -0.2) is 13.1 Å². The van der Waals surface area contributed by atoms with Crippen LogP contribution < -0.4 is 14.2 Å². The highest BCUT2D eigenvalue weighted by Gasteiger charge is 2.32. The number of morpholine rings is 1. The lowest BCUT2D eigenvalue weighted by Gasteiger charge is -2.32. The summed E-state index contributed by atoms with van der Waals surface area (Å²) in [7, 11) is -3.64. The number of hydrogen-bond donors (Lipinski definition) is 1. The molecule has 0 aromatic heterocycles. The molecule has 1 aromatic rings. The van der Waals surface area contributed by atoms with Crippen molar-refractivity contribution in [2.24, 2.45) is 0 Å². The first-order valence-electron chi connectivity index (χ1n) is 10.5. The van der Waals surface area contributed by atoms with E-state index in [1.807, 2.05) is 0 Å². The van der Waals surface area contributed by atoms with Crippen molar-refractivity contribution in [2.45, 2.75) is 43.1 Å². The van der Waals surface area contributed by atoms with Crippen LogP contribution in [0, 0.1) is 0 Å². The fourth-order valence-electron chi connectivity index (χ4n) is 3.89. The molecule has 1 atom stereocenters. The van der Waals surface area contributed by atoms with Gasteiger partial charge in [0, 0.05) is 25.7 Å². The summed E-state index contributed by atoms with van der Waals surface area (Å²) in [6.45, 7) is 2.52. The molecule has 3 aliphatic rings. The Bertz CT molecular complexity index is 908. The van der Waals surface area contributed by atoms with Crippen molar-refractivity contribution in [3.05, 3.63) is 29.8 Å². The first kappa shape index (κ1) is 21.1. The van der Waals surface area contributed by atoms with E-state index >= 15 is 0 Å². The summed E-state index contributed by atoms with van der Waals surface area (Å²) in [4.78, 5) is 14.4. The predicted octanol–water partition coefficient (Wildman–Crippen LogP) is 1.85. The van der Waals surface area contributed by atoms with Crippen molar-refractivity contribution in [3.8, 4) is 11.5 Å². The molecule has 2 aliphatic heterocycles. The second kappa shape index (κ2) is 9.36. The van der Waals surface area contributed by atoms with Crippen LogP contribution in [0.3, 0.4) is 0 Å². The lowest BCUT2D eigenvalue weighted by molar-refractivity contribution is -0.145. The number of carbonyl (C=O) groups is 1. The van der Waals surface area contributed by atoms with Gasteiger partial charge < -0.3 is 19.1 Å². The van der Waals surface area contributed by atoms with Crippen molar-refractivity contribution in [1.82, 2.24) is 9.62 Å². The summed E-state index contributed by atoms with van der Waals surface area (Å²) in [5.74, 6) is 0.567. The standard InChI is InChI=1S/C21H28N2O6S/c24-21(23-10-12-27-13-11-23)20-15-28-19-14-17(6-7-18(19)29-20)30(25,26)22-9-8-16-4-2-1-3-5-16/h4,6-7,14,20,22H,1-3,5,8-13,15H2. The molecule has 164 valence electrons. The summed E-state index contributed by atoms with van der Waals surface area (Å²) in [5, 5.41) is 0. The molecule has 1 saturated heterocycles. The minimum atomic E-state index is -3.64. The van der Waals surface area contributed by atoms with Crippen LogP contribution in [0.4, 0.5) is 0 Å². The van der Waals surface area contributed by atoms with E-state index in [0.717, 1.165) is 19.3 Å². The number of hydrogen-bond acceptors (Lipinski definition) is 6. The third kappa shape index (κ3) is 4.96. The van der Waals surface area contributed by atoms with E-state index < -0.39 is 16.1 Å². The smallest absolute Gasteiger partial charge is 0.267 e. The highest BCUT2D eigenvalue weighted by Crippen LogP contribution is 2.34. The summed E-state index contributed by atoms with van der Waals surface area (Å²) in [6.07, 6.45) is 6.74. The first-order chi connectivity index (χ1) is 14.5. The number of ether oxygens (including phenoxy) is 3. The number of nitrogens with zero attached hydrogens (tertiary/aromatic N) is 1. The third-order valence-corrected chi connectivity index (χ3v) is 7.07. The second-order valence-corrected chi connectivity index (χ2v) is 9.49. The maximum absolute atomic E-state index is 12.6. The van der Waals surface area contributed by atoms with Gasteiger partial charge in [-0.2, -0.15) is 0 Å². The summed E-state index contributed by atoms with van der Waals surface area (Å²) >= 11 is 0. The van der Waals surface area contributed by atoms with Crippen molar-refractivity contribution in [2.75, 3.05) is 39.5 Å². The Morgan fingerprint density at radius 2 is 2.00 bits per heavy atom. The molecule has 4 rings (SSSR count). The van der Waals surface area contributed by atoms with Crippen LogP contribution in [0.1, 0.15) is 32.1 Å². The van der Waals surface area contributed by atoms with E-state index in [9.17, 15) is 13.2 Å². The van der Waals surface area contributed by atoms with E-state index in [1.54, 1.807) is 11.0 Å². The van der Waals surface area contributed by atoms with Gasteiger partial charge in [-0.3, -0.25) is 4.79 Å². The summed E-state index contributed by atoms with van der Waals surface area (Å²) in [5.41, 5.74) is 1.32. The number of rotatable bonds is 6. The maximum Gasteiger partial charge on any atom is 0.267 e. The van der Waals surface area contributed by atoms with E-state index in [4.69, 9.17) is 14.2 Å². The molecule has 1 aliphatic carbocycles. The lowest BCUT2D eigenvalue weighted by atomic mass is 9.97. The molecule has 1 aromatic carbocycles. The Morgan fingerprint density at radius 3 is 2.77 bits per heavy atom. The zero-order valence-corrected chi connectivity index (χ0v) is 17.8. The number of carbonyl (C=O) groups excluding carboxylic acids is 1. The van der Waals surface area contributed by atoms with Crippen molar-refractivity contribution in [1.29, 1.82) is 0 Å². The van der Waals surface area contributed by atoms with Crippen LogP contribution in [0.25, 0.3) is 0 Å². The maximum atomic E-state index is 12.6. The minimum absolute atomic E-state index is 0.0499. The molecule has 0 bridgehead atoms. The Kier molecular flexibility index (Phi) is 6.60. The van der Waals surface area contributed by atoms with Crippen LogP contribution in [0.15, 0.2) is 34.7 Å². The second-order valence-electron chi connectivity index (χ2n) is 7.72. The summed E-state index contributed by atoms with van der Waals surface area (Å²) in [6, 6.07) is 4.48. The van der Waals surface area contributed by atoms with Crippen LogP contribution >= 0.6 is 0 Å². The summed E-state index contributed by atoms with van der Waals surface area (Å²) < 4.78 is 44.7. The fourth-order valence-corrected chi connectivity index (χ4v) is 4.94. The number of benzene rings is 1. The van der Waals surface area contributed by atoms with E-state index in [0.29, 0.717) is 44.3 Å². The zero-order chi connectivity index (χ0) is 21.0. The molecule has 1 amide bonds. The van der Waals surface area contributed by atoms with Crippen LogP contribution in [0.2, 0.25) is 0 Å². The molecule has 8 nitrogen and oxygen atoms in total. The molecule has 0 radical (unpaired) electrons. The molecule has 0 saturated carbocycles. The Hall–Kier alpha value is -2.10. The number of sulfonamides is 1. The van der Waals surface area contributed by atoms with Crippen molar-refractivity contribution >= 4 is 15.9 Å². The van der Waals surface area contributed by atoms with Gasteiger partial charge in [0.25, 0.3) is 5.91 Å². The van der Waals surface area contributed by atoms with Gasteiger partial charge in [0.2, 0.25) is 16.1 Å². The highest BCUT2D eigenvalue weighted by atomic mass is 32.2. The Balaban J connectivity index is 1.36. The molecule has 0 spiro atoms. The third-order valence-electron chi connectivity index (χ3n) is 5.61. The van der Waals surface area contributed by atoms with Gasteiger partial charge >= 0.3 is 0 Å². The van der Waals surface area contributed by atoms with Crippen LogP contribution in [-0.2, 0) is 19.6 Å². The zero-order valence-electron chi connectivity index (χ0n) is 17.0. The lowest BCUT2D eigenvalue weighted by Crippen LogP contribution is -2.50.